The molecule has 0 aromatic carbocycles. The molecule has 92 valence electrons. The lowest BCUT2D eigenvalue weighted by Crippen LogP contribution is -2.42. The monoisotopic (exact) mass is 226 g/mol. The van der Waals surface area contributed by atoms with Crippen molar-refractivity contribution in [1.82, 2.24) is 0 Å². The SMILES string of the molecule is CC(C(=O)O)(C(O)CC1CCCC1)C1CC1. The van der Waals surface area contributed by atoms with Crippen LogP contribution in [-0.2, 0) is 4.79 Å². The molecule has 2 unspecified atom stereocenters. The van der Waals surface area contributed by atoms with Gasteiger partial charge in [-0.1, -0.05) is 25.7 Å². The summed E-state index contributed by atoms with van der Waals surface area (Å²) in [7, 11) is 0. The standard InChI is InChI=1S/C13H22O3/c1-13(12(15)16,10-6-7-10)11(14)8-9-4-2-3-5-9/h9-11,14H,2-8H2,1H3,(H,15,16). The van der Waals surface area contributed by atoms with Crippen LogP contribution in [0, 0.1) is 17.3 Å². The number of aliphatic hydroxyl groups is 1. The molecule has 3 heteroatoms. The van der Waals surface area contributed by atoms with E-state index in [1.165, 1.54) is 12.8 Å². The van der Waals surface area contributed by atoms with Crippen LogP contribution in [0.1, 0.15) is 51.9 Å². The van der Waals surface area contributed by atoms with E-state index in [4.69, 9.17) is 0 Å². The Kier molecular flexibility index (Phi) is 3.24. The minimum Gasteiger partial charge on any atom is -0.481 e. The summed E-state index contributed by atoms with van der Waals surface area (Å²) in [6.07, 6.45) is 6.75. The Labute approximate surface area is 96.9 Å². The van der Waals surface area contributed by atoms with Crippen molar-refractivity contribution in [3.8, 4) is 0 Å². The highest BCUT2D eigenvalue weighted by Crippen LogP contribution is 2.49. The molecular weight excluding hydrogens is 204 g/mol. The lowest BCUT2D eigenvalue weighted by molar-refractivity contribution is -0.158. The van der Waals surface area contributed by atoms with Crippen molar-refractivity contribution >= 4 is 5.97 Å². The molecule has 2 atom stereocenters. The van der Waals surface area contributed by atoms with Gasteiger partial charge in [-0.3, -0.25) is 4.79 Å². The van der Waals surface area contributed by atoms with E-state index >= 15 is 0 Å². The molecule has 2 saturated carbocycles. The second kappa shape index (κ2) is 4.36. The second-order valence-electron chi connectivity index (χ2n) is 5.76. The van der Waals surface area contributed by atoms with E-state index in [2.05, 4.69) is 0 Å². The minimum absolute atomic E-state index is 0.196. The molecule has 0 saturated heterocycles. The van der Waals surface area contributed by atoms with Crippen LogP contribution < -0.4 is 0 Å². The van der Waals surface area contributed by atoms with Gasteiger partial charge in [-0.2, -0.15) is 0 Å². The van der Waals surface area contributed by atoms with Crippen LogP contribution in [0.3, 0.4) is 0 Å². The normalized spacial score (nSPS) is 27.6. The number of carbonyl (C=O) groups is 1. The maximum Gasteiger partial charge on any atom is 0.312 e. The summed E-state index contributed by atoms with van der Waals surface area (Å²) in [4.78, 5) is 11.4. The van der Waals surface area contributed by atoms with Crippen LogP contribution in [0.15, 0.2) is 0 Å². The molecule has 2 fully saturated rings. The van der Waals surface area contributed by atoms with E-state index in [-0.39, 0.29) is 5.92 Å². The first kappa shape index (κ1) is 11.9. The van der Waals surface area contributed by atoms with E-state index in [1.807, 2.05) is 0 Å². The van der Waals surface area contributed by atoms with E-state index in [0.29, 0.717) is 12.3 Å². The van der Waals surface area contributed by atoms with Gasteiger partial charge in [0.1, 0.15) is 0 Å². The number of carboxylic acids is 1. The van der Waals surface area contributed by atoms with E-state index in [1.54, 1.807) is 6.92 Å². The Morgan fingerprint density at radius 1 is 1.31 bits per heavy atom. The third kappa shape index (κ3) is 2.10. The Bertz CT molecular complexity index is 266. The first-order valence-corrected chi connectivity index (χ1v) is 6.46. The third-order valence-electron chi connectivity index (χ3n) is 4.61. The molecule has 0 amide bonds. The topological polar surface area (TPSA) is 57.5 Å². The quantitative estimate of drug-likeness (QED) is 0.757. The van der Waals surface area contributed by atoms with Crippen LogP contribution >= 0.6 is 0 Å². The summed E-state index contributed by atoms with van der Waals surface area (Å²) >= 11 is 0. The first-order chi connectivity index (χ1) is 7.55. The van der Waals surface area contributed by atoms with Gasteiger partial charge in [-0.25, -0.2) is 0 Å². The lowest BCUT2D eigenvalue weighted by Gasteiger charge is -2.32. The molecule has 0 radical (unpaired) electrons. The van der Waals surface area contributed by atoms with Crippen LogP contribution in [0.2, 0.25) is 0 Å². The molecule has 0 heterocycles. The van der Waals surface area contributed by atoms with Gasteiger partial charge in [-0.15, -0.1) is 0 Å². The maximum atomic E-state index is 11.4. The average molecular weight is 226 g/mol. The molecular formula is C13H22O3. The lowest BCUT2D eigenvalue weighted by atomic mass is 9.75. The highest BCUT2D eigenvalue weighted by Gasteiger charge is 2.52. The Hall–Kier alpha value is -0.570. The van der Waals surface area contributed by atoms with Gasteiger partial charge in [0.05, 0.1) is 11.5 Å². The van der Waals surface area contributed by atoms with Crippen LogP contribution in [0.25, 0.3) is 0 Å². The Morgan fingerprint density at radius 2 is 1.88 bits per heavy atom. The number of rotatable bonds is 5. The average Bonchev–Trinajstić information content (AvgIpc) is 2.97. The molecule has 16 heavy (non-hydrogen) atoms. The van der Waals surface area contributed by atoms with Crippen molar-refractivity contribution in [2.75, 3.05) is 0 Å². The smallest absolute Gasteiger partial charge is 0.312 e. The molecule has 0 aliphatic heterocycles. The van der Waals surface area contributed by atoms with Crippen molar-refractivity contribution in [2.45, 2.75) is 58.0 Å². The van der Waals surface area contributed by atoms with Gasteiger partial charge in [0, 0.05) is 0 Å². The van der Waals surface area contributed by atoms with E-state index in [0.717, 1.165) is 25.7 Å². The predicted molar refractivity (Wildman–Crippen MR) is 61.0 cm³/mol. The van der Waals surface area contributed by atoms with Gasteiger partial charge >= 0.3 is 5.97 Å². The highest BCUT2D eigenvalue weighted by atomic mass is 16.4. The van der Waals surface area contributed by atoms with Crippen molar-refractivity contribution in [3.63, 3.8) is 0 Å². The van der Waals surface area contributed by atoms with Crippen LogP contribution in [0.5, 0.6) is 0 Å². The zero-order valence-corrected chi connectivity index (χ0v) is 9.98. The summed E-state index contributed by atoms with van der Waals surface area (Å²) < 4.78 is 0. The molecule has 3 nitrogen and oxygen atoms in total. The summed E-state index contributed by atoms with van der Waals surface area (Å²) in [6.45, 7) is 1.73. The summed E-state index contributed by atoms with van der Waals surface area (Å²) in [5, 5.41) is 19.6. The number of aliphatic hydroxyl groups excluding tert-OH is 1. The number of hydrogen-bond acceptors (Lipinski definition) is 2. The van der Waals surface area contributed by atoms with Crippen molar-refractivity contribution < 1.29 is 15.0 Å². The molecule has 2 N–H and O–H groups in total. The van der Waals surface area contributed by atoms with Crippen molar-refractivity contribution in [1.29, 1.82) is 0 Å². The minimum atomic E-state index is -0.900. The fourth-order valence-corrected chi connectivity index (χ4v) is 3.08. The second-order valence-corrected chi connectivity index (χ2v) is 5.76. The highest BCUT2D eigenvalue weighted by molar-refractivity contribution is 5.75. The third-order valence-corrected chi connectivity index (χ3v) is 4.61. The number of aliphatic carboxylic acids is 1. The van der Waals surface area contributed by atoms with Crippen LogP contribution in [-0.4, -0.2) is 22.3 Å². The first-order valence-electron chi connectivity index (χ1n) is 6.46. The fraction of sp³-hybridized carbons (Fsp3) is 0.923. The molecule has 2 rings (SSSR count). The Balaban J connectivity index is 1.99. The maximum absolute atomic E-state index is 11.4. The molecule has 2 aliphatic rings. The van der Waals surface area contributed by atoms with Gasteiger partial charge in [-0.05, 0) is 38.0 Å². The number of carboxylic acid groups (broad SMARTS) is 1. The largest absolute Gasteiger partial charge is 0.481 e. The summed E-state index contributed by atoms with van der Waals surface area (Å²) in [5.74, 6) is -0.0747. The summed E-state index contributed by atoms with van der Waals surface area (Å²) in [5.41, 5.74) is -0.900. The fourth-order valence-electron chi connectivity index (χ4n) is 3.08. The predicted octanol–water partition coefficient (Wildman–Crippen LogP) is 2.43. The molecule has 0 aromatic heterocycles. The zero-order chi connectivity index (χ0) is 11.8. The van der Waals surface area contributed by atoms with E-state index < -0.39 is 17.5 Å². The van der Waals surface area contributed by atoms with Gasteiger partial charge in [0.15, 0.2) is 0 Å². The van der Waals surface area contributed by atoms with Gasteiger partial charge in [0.25, 0.3) is 0 Å². The van der Waals surface area contributed by atoms with Gasteiger partial charge < -0.3 is 10.2 Å². The number of hydrogen-bond donors (Lipinski definition) is 2. The molecule has 0 aromatic rings. The van der Waals surface area contributed by atoms with Crippen molar-refractivity contribution in [2.24, 2.45) is 17.3 Å². The summed E-state index contributed by atoms with van der Waals surface area (Å²) in [6, 6.07) is 0. The van der Waals surface area contributed by atoms with E-state index in [9.17, 15) is 15.0 Å². The molecule has 2 aliphatic carbocycles. The molecule has 0 spiro atoms. The van der Waals surface area contributed by atoms with Crippen molar-refractivity contribution in [3.05, 3.63) is 0 Å². The molecule has 0 bridgehead atoms. The van der Waals surface area contributed by atoms with Gasteiger partial charge in [0.2, 0.25) is 0 Å². The Morgan fingerprint density at radius 3 is 2.31 bits per heavy atom. The zero-order valence-electron chi connectivity index (χ0n) is 9.98. The van der Waals surface area contributed by atoms with Crippen LogP contribution in [0.4, 0.5) is 0 Å².